The van der Waals surface area contributed by atoms with Gasteiger partial charge in [-0.2, -0.15) is 0 Å². The summed E-state index contributed by atoms with van der Waals surface area (Å²) in [5, 5.41) is 2.80. The number of para-hydroxylation sites is 1. The van der Waals surface area contributed by atoms with Gasteiger partial charge in [-0.15, -0.1) is 0 Å². The van der Waals surface area contributed by atoms with Crippen LogP contribution in [-0.2, 0) is 9.53 Å². The molecule has 0 radical (unpaired) electrons. The fourth-order valence-corrected chi connectivity index (χ4v) is 4.39. The van der Waals surface area contributed by atoms with E-state index in [1.165, 1.54) is 0 Å². The number of thiocarbonyl (C=S) groups is 1. The van der Waals surface area contributed by atoms with Crippen molar-refractivity contribution >= 4 is 51.4 Å². The summed E-state index contributed by atoms with van der Waals surface area (Å²) >= 11 is 7.92. The monoisotopic (exact) mass is 540 g/mol. The van der Waals surface area contributed by atoms with Gasteiger partial charge in [-0.25, -0.2) is 0 Å². The van der Waals surface area contributed by atoms with Crippen LogP contribution in [0.15, 0.2) is 42.5 Å². The number of nitrogens with zero attached hydrogens (tertiary/aromatic N) is 1. The number of halogens is 1. The Labute approximate surface area is 196 Å². The number of hydrogen-bond acceptors (Lipinski definition) is 5. The van der Waals surface area contributed by atoms with Gasteiger partial charge in [-0.3, -0.25) is 4.79 Å². The number of carbonyl (C=O) groups is 1. The molecule has 0 unspecified atom stereocenters. The molecule has 1 heterocycles. The molecule has 1 saturated heterocycles. The van der Waals surface area contributed by atoms with Crippen molar-refractivity contribution < 1.29 is 19.0 Å². The van der Waals surface area contributed by atoms with E-state index in [4.69, 9.17) is 26.4 Å². The predicted molar refractivity (Wildman–Crippen MR) is 130 cm³/mol. The van der Waals surface area contributed by atoms with Crippen LogP contribution in [0.4, 0.5) is 5.69 Å². The second-order valence-corrected chi connectivity index (χ2v) is 8.71. The minimum absolute atomic E-state index is 0.121. The first-order valence-corrected chi connectivity index (χ1v) is 11.2. The van der Waals surface area contributed by atoms with E-state index in [0.29, 0.717) is 11.5 Å². The van der Waals surface area contributed by atoms with Gasteiger partial charge in [0.2, 0.25) is 0 Å². The molecule has 0 bridgehead atoms. The number of amides is 1. The van der Waals surface area contributed by atoms with Gasteiger partial charge in [0, 0.05) is 24.3 Å². The van der Waals surface area contributed by atoms with E-state index >= 15 is 0 Å². The second-order valence-electron chi connectivity index (χ2n) is 7.16. The molecular weight excluding hydrogens is 515 g/mol. The molecule has 0 spiro atoms. The molecule has 8 heteroatoms. The Morgan fingerprint density at radius 2 is 1.90 bits per heavy atom. The average Bonchev–Trinajstić information content (AvgIpc) is 2.71. The summed E-state index contributed by atoms with van der Waals surface area (Å²) in [6, 6.07) is 13.1. The zero-order valence-corrected chi connectivity index (χ0v) is 20.2. The van der Waals surface area contributed by atoms with E-state index in [1.54, 1.807) is 7.11 Å². The van der Waals surface area contributed by atoms with Crippen LogP contribution in [0, 0.1) is 3.57 Å². The molecule has 1 amide bonds. The third-order valence-electron chi connectivity index (χ3n) is 4.59. The molecule has 3 rings (SSSR count). The van der Waals surface area contributed by atoms with Crippen LogP contribution in [-0.4, -0.2) is 54.8 Å². The van der Waals surface area contributed by atoms with Crippen molar-refractivity contribution in [3.63, 3.8) is 0 Å². The van der Waals surface area contributed by atoms with Crippen LogP contribution in [0.3, 0.4) is 0 Å². The zero-order valence-electron chi connectivity index (χ0n) is 17.2. The van der Waals surface area contributed by atoms with Crippen LogP contribution in [0.1, 0.15) is 19.4 Å². The zero-order chi connectivity index (χ0) is 21.7. The Balaban J connectivity index is 1.70. The number of rotatable bonds is 6. The molecule has 2 atom stereocenters. The van der Waals surface area contributed by atoms with E-state index in [1.807, 2.05) is 56.3 Å². The Morgan fingerprint density at radius 3 is 2.53 bits per heavy atom. The first kappa shape index (κ1) is 22.8. The number of hydrogen-bond donors (Lipinski definition) is 1. The van der Waals surface area contributed by atoms with Crippen LogP contribution in [0.25, 0.3) is 0 Å². The van der Waals surface area contributed by atoms with E-state index < -0.39 is 0 Å². The van der Waals surface area contributed by atoms with Gasteiger partial charge in [0.1, 0.15) is 4.99 Å². The number of morpholine rings is 1. The van der Waals surface area contributed by atoms with Gasteiger partial charge in [0.15, 0.2) is 18.1 Å². The molecule has 0 aliphatic carbocycles. The average molecular weight is 540 g/mol. The van der Waals surface area contributed by atoms with Gasteiger partial charge in [0.25, 0.3) is 5.91 Å². The summed E-state index contributed by atoms with van der Waals surface area (Å²) in [5.41, 5.74) is 1.61. The van der Waals surface area contributed by atoms with Crippen molar-refractivity contribution in [1.82, 2.24) is 4.90 Å². The van der Waals surface area contributed by atoms with Crippen molar-refractivity contribution in [3.8, 4) is 11.5 Å². The van der Waals surface area contributed by atoms with Crippen LogP contribution < -0.4 is 14.8 Å². The maximum atomic E-state index is 12.2. The first-order valence-electron chi connectivity index (χ1n) is 9.67. The predicted octanol–water partition coefficient (Wildman–Crippen LogP) is 4.10. The second kappa shape index (κ2) is 10.4. The van der Waals surface area contributed by atoms with Gasteiger partial charge in [-0.1, -0.05) is 30.4 Å². The molecular formula is C22H25IN2O4S. The number of anilines is 1. The Hall–Kier alpha value is -1.91. The van der Waals surface area contributed by atoms with Crippen molar-refractivity contribution in [2.75, 3.05) is 32.1 Å². The highest BCUT2D eigenvalue weighted by Gasteiger charge is 2.25. The minimum atomic E-state index is -0.241. The molecule has 6 nitrogen and oxygen atoms in total. The Bertz CT molecular complexity index is 900. The maximum Gasteiger partial charge on any atom is 0.262 e. The summed E-state index contributed by atoms with van der Waals surface area (Å²) < 4.78 is 17.9. The SMILES string of the molecule is COc1cc(C(=S)N2C[C@@H](C)O[C@@H](C)C2)cc(I)c1OCC(=O)Nc1ccccc1. The summed E-state index contributed by atoms with van der Waals surface area (Å²) in [6.45, 7) is 5.48. The van der Waals surface area contributed by atoms with Gasteiger partial charge >= 0.3 is 0 Å². The van der Waals surface area contributed by atoms with E-state index in [9.17, 15) is 4.79 Å². The van der Waals surface area contributed by atoms with E-state index in [-0.39, 0.29) is 24.7 Å². The fraction of sp³-hybridized carbons (Fsp3) is 0.364. The van der Waals surface area contributed by atoms with E-state index in [0.717, 1.165) is 32.9 Å². The molecule has 30 heavy (non-hydrogen) atoms. The lowest BCUT2D eigenvalue weighted by molar-refractivity contribution is -0.118. The Morgan fingerprint density at radius 1 is 1.23 bits per heavy atom. The third-order valence-corrected chi connectivity index (χ3v) is 5.88. The molecule has 1 aliphatic rings. The van der Waals surface area contributed by atoms with Crippen LogP contribution in [0.2, 0.25) is 0 Å². The molecule has 2 aromatic carbocycles. The topological polar surface area (TPSA) is 60.0 Å². The molecule has 1 aliphatic heterocycles. The molecule has 160 valence electrons. The molecule has 2 aromatic rings. The van der Waals surface area contributed by atoms with Gasteiger partial charge in [0.05, 0.1) is 22.9 Å². The molecule has 1 N–H and O–H groups in total. The van der Waals surface area contributed by atoms with Crippen LogP contribution in [0.5, 0.6) is 11.5 Å². The number of carbonyl (C=O) groups excluding carboxylic acids is 1. The van der Waals surface area contributed by atoms with Crippen LogP contribution >= 0.6 is 34.8 Å². The van der Waals surface area contributed by atoms with Crippen molar-refractivity contribution in [2.45, 2.75) is 26.1 Å². The highest BCUT2D eigenvalue weighted by Crippen LogP contribution is 2.34. The molecule has 1 fully saturated rings. The largest absolute Gasteiger partial charge is 0.493 e. The number of nitrogens with one attached hydrogen (secondary N) is 1. The maximum absolute atomic E-state index is 12.2. The summed E-state index contributed by atoms with van der Waals surface area (Å²) in [5.74, 6) is 0.827. The first-order chi connectivity index (χ1) is 14.4. The van der Waals surface area contributed by atoms with Crippen molar-refractivity contribution in [2.24, 2.45) is 0 Å². The highest BCUT2D eigenvalue weighted by molar-refractivity contribution is 14.1. The fourth-order valence-electron chi connectivity index (χ4n) is 3.37. The molecule has 0 saturated carbocycles. The molecule has 0 aromatic heterocycles. The number of methoxy groups -OCH3 is 1. The van der Waals surface area contributed by atoms with Crippen molar-refractivity contribution in [1.29, 1.82) is 0 Å². The minimum Gasteiger partial charge on any atom is -0.493 e. The van der Waals surface area contributed by atoms with Gasteiger partial charge in [-0.05, 0) is 60.7 Å². The Kier molecular flexibility index (Phi) is 7.90. The lowest BCUT2D eigenvalue weighted by Crippen LogP contribution is -2.47. The van der Waals surface area contributed by atoms with Crippen molar-refractivity contribution in [3.05, 3.63) is 51.6 Å². The van der Waals surface area contributed by atoms with Gasteiger partial charge < -0.3 is 24.4 Å². The summed E-state index contributed by atoms with van der Waals surface area (Å²) in [6.07, 6.45) is 0.247. The third kappa shape index (κ3) is 5.83. The standard InChI is InChI=1S/C22H25IN2O4S/c1-14-11-25(12-15(2)29-14)22(30)16-9-18(23)21(19(10-16)27-3)28-13-20(26)24-17-7-5-4-6-8-17/h4-10,14-15H,11-13H2,1-3H3,(H,24,26)/t14-,15+. The normalized spacial score (nSPS) is 18.6. The van der Waals surface area contributed by atoms with E-state index in [2.05, 4.69) is 32.8 Å². The number of ether oxygens (including phenoxy) is 3. The number of benzene rings is 2. The highest BCUT2D eigenvalue weighted by atomic mass is 127. The lowest BCUT2D eigenvalue weighted by atomic mass is 10.1. The smallest absolute Gasteiger partial charge is 0.262 e. The lowest BCUT2D eigenvalue weighted by Gasteiger charge is -2.37. The summed E-state index contributed by atoms with van der Waals surface area (Å²) in [4.78, 5) is 15.1. The quantitative estimate of drug-likeness (QED) is 0.440. The summed E-state index contributed by atoms with van der Waals surface area (Å²) in [7, 11) is 1.58.